The summed E-state index contributed by atoms with van der Waals surface area (Å²) < 4.78 is 5.35. The Balaban J connectivity index is 2.34. The lowest BCUT2D eigenvalue weighted by molar-refractivity contribution is -0.124. The highest BCUT2D eigenvalue weighted by Crippen LogP contribution is 2.25. The lowest BCUT2D eigenvalue weighted by Crippen LogP contribution is -2.54. The average molecular weight is 271 g/mol. The zero-order valence-corrected chi connectivity index (χ0v) is 11.1. The standard InChI is InChI=1S/C11H15ClN4O2/c1-7-9(12)14-6-15-10(7)16-3-4-18-5-8(16)11(17)13-2/h6,8H,3-5H2,1-2H3,(H,13,17). The van der Waals surface area contributed by atoms with Crippen LogP contribution in [-0.2, 0) is 9.53 Å². The topological polar surface area (TPSA) is 67.3 Å². The fraction of sp³-hybridized carbons (Fsp3) is 0.545. The zero-order chi connectivity index (χ0) is 13.1. The molecule has 0 spiro atoms. The van der Waals surface area contributed by atoms with Crippen molar-refractivity contribution in [1.82, 2.24) is 15.3 Å². The second kappa shape index (κ2) is 5.49. The van der Waals surface area contributed by atoms with E-state index in [-0.39, 0.29) is 11.9 Å². The summed E-state index contributed by atoms with van der Waals surface area (Å²) in [7, 11) is 1.61. The van der Waals surface area contributed by atoms with E-state index in [0.717, 1.165) is 5.56 Å². The summed E-state index contributed by atoms with van der Waals surface area (Å²) in [6.45, 7) is 3.36. The molecule has 1 aromatic heterocycles. The molecule has 7 heteroatoms. The van der Waals surface area contributed by atoms with Crippen molar-refractivity contribution in [2.75, 3.05) is 31.7 Å². The molecule has 2 heterocycles. The van der Waals surface area contributed by atoms with Gasteiger partial charge in [0.25, 0.3) is 0 Å². The zero-order valence-electron chi connectivity index (χ0n) is 10.3. The molecule has 0 saturated carbocycles. The monoisotopic (exact) mass is 270 g/mol. The third kappa shape index (κ3) is 2.39. The van der Waals surface area contributed by atoms with Gasteiger partial charge in [0.1, 0.15) is 23.3 Å². The molecular weight excluding hydrogens is 256 g/mol. The van der Waals surface area contributed by atoms with Crippen molar-refractivity contribution in [3.8, 4) is 0 Å². The molecular formula is C11H15ClN4O2. The number of anilines is 1. The fourth-order valence-electron chi connectivity index (χ4n) is 1.95. The molecule has 6 nitrogen and oxygen atoms in total. The number of aromatic nitrogens is 2. The Kier molecular flexibility index (Phi) is 3.98. The van der Waals surface area contributed by atoms with Crippen LogP contribution >= 0.6 is 11.6 Å². The maximum absolute atomic E-state index is 11.8. The first kappa shape index (κ1) is 13.0. The van der Waals surface area contributed by atoms with Crippen LogP contribution in [0.2, 0.25) is 5.15 Å². The van der Waals surface area contributed by atoms with E-state index in [4.69, 9.17) is 16.3 Å². The molecule has 1 fully saturated rings. The highest BCUT2D eigenvalue weighted by molar-refractivity contribution is 6.30. The van der Waals surface area contributed by atoms with Gasteiger partial charge in [-0.05, 0) is 6.92 Å². The van der Waals surface area contributed by atoms with Gasteiger partial charge in [-0.3, -0.25) is 4.79 Å². The van der Waals surface area contributed by atoms with Gasteiger partial charge in [-0.2, -0.15) is 0 Å². The minimum atomic E-state index is -0.381. The number of carbonyl (C=O) groups is 1. The second-order valence-corrected chi connectivity index (χ2v) is 4.37. The van der Waals surface area contributed by atoms with Gasteiger partial charge >= 0.3 is 0 Å². The third-order valence-corrected chi connectivity index (χ3v) is 3.33. The van der Waals surface area contributed by atoms with Crippen molar-refractivity contribution in [2.24, 2.45) is 0 Å². The highest BCUT2D eigenvalue weighted by atomic mass is 35.5. The molecule has 18 heavy (non-hydrogen) atoms. The number of nitrogens with zero attached hydrogens (tertiary/aromatic N) is 3. The molecule has 0 aliphatic carbocycles. The summed E-state index contributed by atoms with van der Waals surface area (Å²) in [5.41, 5.74) is 0.773. The lowest BCUT2D eigenvalue weighted by atomic mass is 10.2. The van der Waals surface area contributed by atoms with Gasteiger partial charge in [0.15, 0.2) is 0 Å². The van der Waals surface area contributed by atoms with E-state index >= 15 is 0 Å². The van der Waals surface area contributed by atoms with Crippen molar-refractivity contribution in [3.63, 3.8) is 0 Å². The molecule has 1 atom stereocenters. The predicted molar refractivity (Wildman–Crippen MR) is 67.8 cm³/mol. The van der Waals surface area contributed by atoms with Crippen LogP contribution in [0.4, 0.5) is 5.82 Å². The maximum Gasteiger partial charge on any atom is 0.244 e. The van der Waals surface area contributed by atoms with Gasteiger partial charge in [0.05, 0.1) is 13.2 Å². The van der Waals surface area contributed by atoms with E-state index in [2.05, 4.69) is 15.3 Å². The molecule has 1 saturated heterocycles. The van der Waals surface area contributed by atoms with Crippen LogP contribution in [0.3, 0.4) is 0 Å². The molecule has 1 aliphatic rings. The molecule has 1 amide bonds. The molecule has 1 N–H and O–H groups in total. The number of rotatable bonds is 2. The van der Waals surface area contributed by atoms with Crippen molar-refractivity contribution in [1.29, 1.82) is 0 Å². The molecule has 98 valence electrons. The summed E-state index contributed by atoms with van der Waals surface area (Å²) in [5.74, 6) is 0.593. The maximum atomic E-state index is 11.8. The second-order valence-electron chi connectivity index (χ2n) is 4.01. The Bertz CT molecular complexity index is 455. The summed E-state index contributed by atoms with van der Waals surface area (Å²) in [6, 6.07) is -0.381. The number of halogens is 1. The highest BCUT2D eigenvalue weighted by Gasteiger charge is 2.31. The fourth-order valence-corrected chi connectivity index (χ4v) is 2.08. The Labute approximate surface area is 110 Å². The number of hydrogen-bond donors (Lipinski definition) is 1. The molecule has 0 aromatic carbocycles. The lowest BCUT2D eigenvalue weighted by Gasteiger charge is -2.35. The van der Waals surface area contributed by atoms with E-state index < -0.39 is 0 Å². The van der Waals surface area contributed by atoms with E-state index in [9.17, 15) is 4.79 Å². The number of carbonyl (C=O) groups excluding carboxylic acids is 1. The summed E-state index contributed by atoms with van der Waals surface area (Å²) in [5, 5.41) is 3.04. The Morgan fingerprint density at radius 1 is 1.61 bits per heavy atom. The SMILES string of the molecule is CNC(=O)C1COCCN1c1ncnc(Cl)c1C. The number of morpholine rings is 1. The van der Waals surface area contributed by atoms with Crippen LogP contribution in [0.1, 0.15) is 5.56 Å². The molecule has 0 bridgehead atoms. The van der Waals surface area contributed by atoms with Gasteiger partial charge in [0, 0.05) is 19.2 Å². The van der Waals surface area contributed by atoms with Crippen molar-refractivity contribution >= 4 is 23.3 Å². The number of likely N-dealkylation sites (N-methyl/N-ethyl adjacent to an activating group) is 1. The summed E-state index contributed by atoms with van der Waals surface area (Å²) in [6.07, 6.45) is 1.40. The van der Waals surface area contributed by atoms with Crippen molar-refractivity contribution in [2.45, 2.75) is 13.0 Å². The minimum Gasteiger partial charge on any atom is -0.377 e. The normalized spacial score (nSPS) is 19.7. The first-order valence-electron chi connectivity index (χ1n) is 5.68. The van der Waals surface area contributed by atoms with Crippen molar-refractivity contribution < 1.29 is 9.53 Å². The van der Waals surface area contributed by atoms with Crippen LogP contribution in [0, 0.1) is 6.92 Å². The number of nitrogens with one attached hydrogen (secondary N) is 1. The average Bonchev–Trinajstić information content (AvgIpc) is 2.41. The van der Waals surface area contributed by atoms with E-state index in [0.29, 0.717) is 30.7 Å². The van der Waals surface area contributed by atoms with E-state index in [1.165, 1.54) is 6.33 Å². The van der Waals surface area contributed by atoms with Gasteiger partial charge in [-0.1, -0.05) is 11.6 Å². The molecule has 1 aliphatic heterocycles. The third-order valence-electron chi connectivity index (χ3n) is 2.95. The quantitative estimate of drug-likeness (QED) is 0.788. The van der Waals surface area contributed by atoms with Crippen LogP contribution in [0.15, 0.2) is 6.33 Å². The van der Waals surface area contributed by atoms with Gasteiger partial charge in [0.2, 0.25) is 5.91 Å². The predicted octanol–water partition coefficient (Wildman–Crippen LogP) is 0.390. The van der Waals surface area contributed by atoms with E-state index in [1.54, 1.807) is 7.05 Å². The van der Waals surface area contributed by atoms with Crippen LogP contribution in [-0.4, -0.2) is 48.7 Å². The minimum absolute atomic E-state index is 0.0937. The molecule has 2 rings (SSSR count). The number of ether oxygens (including phenoxy) is 1. The molecule has 1 aromatic rings. The first-order valence-corrected chi connectivity index (χ1v) is 6.06. The van der Waals surface area contributed by atoms with Crippen molar-refractivity contribution in [3.05, 3.63) is 17.0 Å². The summed E-state index contributed by atoms with van der Waals surface area (Å²) in [4.78, 5) is 21.9. The van der Waals surface area contributed by atoms with Gasteiger partial charge < -0.3 is 15.0 Å². The Morgan fingerprint density at radius 2 is 2.39 bits per heavy atom. The van der Waals surface area contributed by atoms with Crippen LogP contribution in [0.25, 0.3) is 0 Å². The van der Waals surface area contributed by atoms with Crippen LogP contribution < -0.4 is 10.2 Å². The largest absolute Gasteiger partial charge is 0.377 e. The first-order chi connectivity index (χ1) is 8.65. The number of hydrogen-bond acceptors (Lipinski definition) is 5. The number of amides is 1. The van der Waals surface area contributed by atoms with Gasteiger partial charge in [-0.25, -0.2) is 9.97 Å². The smallest absolute Gasteiger partial charge is 0.244 e. The van der Waals surface area contributed by atoms with E-state index in [1.807, 2.05) is 11.8 Å². The molecule has 1 unspecified atom stereocenters. The Hall–Kier alpha value is -1.40. The Morgan fingerprint density at radius 3 is 3.11 bits per heavy atom. The summed E-state index contributed by atoms with van der Waals surface area (Å²) >= 11 is 5.98. The van der Waals surface area contributed by atoms with Crippen LogP contribution in [0.5, 0.6) is 0 Å². The molecule has 0 radical (unpaired) electrons. The van der Waals surface area contributed by atoms with Gasteiger partial charge in [-0.15, -0.1) is 0 Å².